The number of rotatable bonds is 3. The van der Waals surface area contributed by atoms with E-state index in [1.807, 2.05) is 19.1 Å². The molecule has 2 rings (SSSR count). The Hall–Kier alpha value is -1.35. The Morgan fingerprint density at radius 1 is 1.53 bits per heavy atom. The fourth-order valence-electron chi connectivity index (χ4n) is 2.02. The van der Waals surface area contributed by atoms with E-state index in [9.17, 15) is 4.79 Å². The summed E-state index contributed by atoms with van der Waals surface area (Å²) in [5.74, 6) is 0.117. The van der Waals surface area contributed by atoms with Crippen molar-refractivity contribution in [3.05, 3.63) is 35.4 Å². The number of hydrogen-bond donors (Lipinski definition) is 2. The second kappa shape index (κ2) is 4.45. The van der Waals surface area contributed by atoms with Gasteiger partial charge in [-0.25, -0.2) is 0 Å². The SMILES string of the molecule is CCNC(=O)CC1NCc2ccccc21. The van der Waals surface area contributed by atoms with E-state index in [1.54, 1.807) is 0 Å². The van der Waals surface area contributed by atoms with Crippen molar-refractivity contribution in [2.24, 2.45) is 0 Å². The first kappa shape index (κ1) is 10.2. The molecule has 1 aliphatic heterocycles. The molecule has 0 radical (unpaired) electrons. The molecule has 0 bridgehead atoms. The van der Waals surface area contributed by atoms with Crippen molar-refractivity contribution < 1.29 is 4.79 Å². The second-order valence-corrected chi connectivity index (χ2v) is 3.79. The molecule has 0 spiro atoms. The molecule has 0 saturated carbocycles. The van der Waals surface area contributed by atoms with E-state index in [0.717, 1.165) is 6.54 Å². The number of benzene rings is 1. The van der Waals surface area contributed by atoms with Gasteiger partial charge < -0.3 is 10.6 Å². The van der Waals surface area contributed by atoms with Crippen molar-refractivity contribution >= 4 is 5.91 Å². The summed E-state index contributed by atoms with van der Waals surface area (Å²) < 4.78 is 0. The van der Waals surface area contributed by atoms with Crippen molar-refractivity contribution in [2.45, 2.75) is 25.9 Å². The molecule has 1 heterocycles. The number of carbonyl (C=O) groups is 1. The lowest BCUT2D eigenvalue weighted by Gasteiger charge is -2.11. The summed E-state index contributed by atoms with van der Waals surface area (Å²) in [7, 11) is 0. The van der Waals surface area contributed by atoms with Crippen LogP contribution in [0.15, 0.2) is 24.3 Å². The van der Waals surface area contributed by atoms with Gasteiger partial charge in [0.2, 0.25) is 5.91 Å². The van der Waals surface area contributed by atoms with Crippen LogP contribution in [0, 0.1) is 0 Å². The van der Waals surface area contributed by atoms with Gasteiger partial charge in [0, 0.05) is 25.6 Å². The molecule has 1 aromatic rings. The van der Waals surface area contributed by atoms with Crippen LogP contribution in [0.1, 0.15) is 30.5 Å². The van der Waals surface area contributed by atoms with E-state index in [4.69, 9.17) is 0 Å². The normalized spacial score (nSPS) is 18.6. The van der Waals surface area contributed by atoms with Gasteiger partial charge >= 0.3 is 0 Å². The zero-order valence-corrected chi connectivity index (χ0v) is 8.92. The molecule has 1 aliphatic rings. The van der Waals surface area contributed by atoms with Crippen LogP contribution in [0.5, 0.6) is 0 Å². The highest BCUT2D eigenvalue weighted by Gasteiger charge is 2.22. The minimum Gasteiger partial charge on any atom is -0.356 e. The number of carbonyl (C=O) groups excluding carboxylic acids is 1. The van der Waals surface area contributed by atoms with Crippen molar-refractivity contribution in [1.82, 2.24) is 10.6 Å². The summed E-state index contributed by atoms with van der Waals surface area (Å²) in [6, 6.07) is 8.46. The quantitative estimate of drug-likeness (QED) is 0.780. The molecule has 2 N–H and O–H groups in total. The van der Waals surface area contributed by atoms with Gasteiger partial charge in [0.25, 0.3) is 0 Å². The van der Waals surface area contributed by atoms with E-state index in [0.29, 0.717) is 13.0 Å². The van der Waals surface area contributed by atoms with Gasteiger partial charge in [-0.15, -0.1) is 0 Å². The monoisotopic (exact) mass is 204 g/mol. The molecule has 15 heavy (non-hydrogen) atoms. The Morgan fingerprint density at radius 2 is 2.33 bits per heavy atom. The van der Waals surface area contributed by atoms with Crippen LogP contribution in [0.3, 0.4) is 0 Å². The Morgan fingerprint density at radius 3 is 3.13 bits per heavy atom. The zero-order chi connectivity index (χ0) is 10.7. The fraction of sp³-hybridized carbons (Fsp3) is 0.417. The molecule has 0 aliphatic carbocycles. The van der Waals surface area contributed by atoms with E-state index in [2.05, 4.69) is 22.8 Å². The summed E-state index contributed by atoms with van der Waals surface area (Å²) >= 11 is 0. The number of hydrogen-bond acceptors (Lipinski definition) is 2. The Kier molecular flexibility index (Phi) is 3.02. The van der Waals surface area contributed by atoms with Crippen LogP contribution in [0.2, 0.25) is 0 Å². The molecule has 3 heteroatoms. The average molecular weight is 204 g/mol. The smallest absolute Gasteiger partial charge is 0.221 e. The lowest BCUT2D eigenvalue weighted by Crippen LogP contribution is -2.27. The highest BCUT2D eigenvalue weighted by Crippen LogP contribution is 2.26. The van der Waals surface area contributed by atoms with Crippen molar-refractivity contribution in [2.75, 3.05) is 6.54 Å². The molecular formula is C12H16N2O. The third-order valence-electron chi connectivity index (χ3n) is 2.73. The van der Waals surface area contributed by atoms with Crippen molar-refractivity contribution in [3.63, 3.8) is 0 Å². The molecule has 1 unspecified atom stereocenters. The predicted molar refractivity (Wildman–Crippen MR) is 59.3 cm³/mol. The lowest BCUT2D eigenvalue weighted by atomic mass is 10.0. The molecule has 3 nitrogen and oxygen atoms in total. The highest BCUT2D eigenvalue weighted by molar-refractivity contribution is 5.76. The molecule has 1 aromatic carbocycles. The maximum Gasteiger partial charge on any atom is 0.221 e. The molecule has 0 aromatic heterocycles. The predicted octanol–water partition coefficient (Wildman–Crippen LogP) is 1.36. The standard InChI is InChI=1S/C12H16N2O/c1-2-13-12(15)7-11-10-6-4-3-5-9(10)8-14-11/h3-6,11,14H,2,7-8H2,1H3,(H,13,15). The van der Waals surface area contributed by atoms with Crippen LogP contribution < -0.4 is 10.6 Å². The van der Waals surface area contributed by atoms with E-state index < -0.39 is 0 Å². The minimum absolute atomic E-state index is 0.117. The minimum atomic E-state index is 0.117. The molecule has 80 valence electrons. The van der Waals surface area contributed by atoms with E-state index in [-0.39, 0.29) is 11.9 Å². The summed E-state index contributed by atoms with van der Waals surface area (Å²) in [6.07, 6.45) is 0.533. The molecule has 0 fully saturated rings. The topological polar surface area (TPSA) is 41.1 Å². The van der Waals surface area contributed by atoms with Crippen molar-refractivity contribution in [3.8, 4) is 0 Å². The number of nitrogens with one attached hydrogen (secondary N) is 2. The summed E-state index contributed by atoms with van der Waals surface area (Å²) in [5.41, 5.74) is 2.58. The van der Waals surface area contributed by atoms with Crippen LogP contribution in [0.25, 0.3) is 0 Å². The number of amides is 1. The maximum atomic E-state index is 11.5. The van der Waals surface area contributed by atoms with Crippen molar-refractivity contribution in [1.29, 1.82) is 0 Å². The summed E-state index contributed by atoms with van der Waals surface area (Å²) in [6.45, 7) is 3.52. The van der Waals surface area contributed by atoms with Crippen LogP contribution in [-0.4, -0.2) is 12.5 Å². The van der Waals surface area contributed by atoms with Gasteiger partial charge in [0.05, 0.1) is 0 Å². The first-order chi connectivity index (χ1) is 7.31. The lowest BCUT2D eigenvalue weighted by molar-refractivity contribution is -0.121. The third kappa shape index (κ3) is 2.18. The van der Waals surface area contributed by atoms with E-state index >= 15 is 0 Å². The van der Waals surface area contributed by atoms with Gasteiger partial charge in [0.15, 0.2) is 0 Å². The maximum absolute atomic E-state index is 11.5. The molecular weight excluding hydrogens is 188 g/mol. The molecule has 1 atom stereocenters. The fourth-order valence-corrected chi connectivity index (χ4v) is 2.02. The van der Waals surface area contributed by atoms with Gasteiger partial charge in [-0.05, 0) is 18.1 Å². The highest BCUT2D eigenvalue weighted by atomic mass is 16.1. The first-order valence-corrected chi connectivity index (χ1v) is 5.39. The van der Waals surface area contributed by atoms with Gasteiger partial charge in [-0.3, -0.25) is 4.79 Å². The third-order valence-corrected chi connectivity index (χ3v) is 2.73. The van der Waals surface area contributed by atoms with Crippen LogP contribution in [0.4, 0.5) is 0 Å². The van der Waals surface area contributed by atoms with Gasteiger partial charge in [0.1, 0.15) is 0 Å². The Balaban J connectivity index is 2.04. The first-order valence-electron chi connectivity index (χ1n) is 5.39. The van der Waals surface area contributed by atoms with Gasteiger partial charge in [-0.1, -0.05) is 24.3 Å². The Bertz CT molecular complexity index is 362. The molecule has 0 saturated heterocycles. The molecule has 1 amide bonds. The van der Waals surface area contributed by atoms with E-state index in [1.165, 1.54) is 11.1 Å². The van der Waals surface area contributed by atoms with Gasteiger partial charge in [-0.2, -0.15) is 0 Å². The summed E-state index contributed by atoms with van der Waals surface area (Å²) in [4.78, 5) is 11.5. The average Bonchev–Trinajstić information content (AvgIpc) is 2.62. The van der Waals surface area contributed by atoms with Crippen LogP contribution >= 0.6 is 0 Å². The van der Waals surface area contributed by atoms with Crippen LogP contribution in [-0.2, 0) is 11.3 Å². The Labute approximate surface area is 89.9 Å². The second-order valence-electron chi connectivity index (χ2n) is 3.79. The zero-order valence-electron chi connectivity index (χ0n) is 8.92. The number of fused-ring (bicyclic) bond motifs is 1. The largest absolute Gasteiger partial charge is 0.356 e. The summed E-state index contributed by atoms with van der Waals surface area (Å²) in [5, 5.41) is 6.17.